The van der Waals surface area contributed by atoms with Crippen molar-refractivity contribution >= 4 is 23.6 Å². The topological polar surface area (TPSA) is 58.6 Å². The van der Waals surface area contributed by atoms with Crippen LogP contribution in [-0.4, -0.2) is 30.0 Å². The highest BCUT2D eigenvalue weighted by atomic mass is 35.5. The molecule has 3 rings (SSSR count). The molecule has 23 heavy (non-hydrogen) atoms. The smallest absolute Gasteiger partial charge is 0.410 e. The molecule has 0 spiro atoms. The third kappa shape index (κ3) is 3.46. The van der Waals surface area contributed by atoms with Crippen LogP contribution in [0, 0.1) is 0 Å². The molecule has 0 bridgehead atoms. The Morgan fingerprint density at radius 3 is 2.70 bits per heavy atom. The van der Waals surface area contributed by atoms with Gasteiger partial charge in [-0.05, 0) is 29.8 Å². The summed E-state index contributed by atoms with van der Waals surface area (Å²) >= 11 is 6.00. The minimum atomic E-state index is -0.751. The van der Waals surface area contributed by atoms with Gasteiger partial charge in [0.05, 0.1) is 0 Å². The van der Waals surface area contributed by atoms with E-state index in [1.807, 2.05) is 6.07 Å². The molecule has 6 heteroatoms. The van der Waals surface area contributed by atoms with E-state index < -0.39 is 12.1 Å². The Bertz CT molecular complexity index is 721. The van der Waals surface area contributed by atoms with Crippen molar-refractivity contribution in [2.45, 2.75) is 6.04 Å². The fraction of sp³-hybridized carbons (Fsp3) is 0.176. The van der Waals surface area contributed by atoms with E-state index in [4.69, 9.17) is 16.3 Å². The number of para-hydroxylation sites is 1. The van der Waals surface area contributed by atoms with E-state index in [2.05, 4.69) is 5.32 Å². The molecule has 118 valence electrons. The number of hydrogen-bond donors (Lipinski definition) is 1. The van der Waals surface area contributed by atoms with Crippen molar-refractivity contribution < 1.29 is 14.3 Å². The molecule has 5 nitrogen and oxygen atoms in total. The summed E-state index contributed by atoms with van der Waals surface area (Å²) in [6, 6.07) is 14.9. The molecule has 1 fully saturated rings. The highest BCUT2D eigenvalue weighted by Crippen LogP contribution is 2.26. The summed E-state index contributed by atoms with van der Waals surface area (Å²) in [5, 5.41) is 3.28. The van der Waals surface area contributed by atoms with Gasteiger partial charge < -0.3 is 10.1 Å². The summed E-state index contributed by atoms with van der Waals surface area (Å²) in [6.45, 7) is 0.758. The Balaban J connectivity index is 1.86. The molecular weight excluding hydrogens is 316 g/mol. The van der Waals surface area contributed by atoms with Gasteiger partial charge >= 0.3 is 6.09 Å². The fourth-order valence-corrected chi connectivity index (χ4v) is 2.72. The lowest BCUT2D eigenvalue weighted by Crippen LogP contribution is -2.52. The SMILES string of the molecule is O=C1NCCN(C(=O)Oc2ccccc2)C1c1cccc(Cl)c1. The molecule has 2 aromatic carbocycles. The van der Waals surface area contributed by atoms with Gasteiger partial charge in [-0.2, -0.15) is 0 Å². The first-order valence-electron chi connectivity index (χ1n) is 7.22. The summed E-state index contributed by atoms with van der Waals surface area (Å²) < 4.78 is 5.36. The van der Waals surface area contributed by atoms with Crippen LogP contribution in [0.15, 0.2) is 54.6 Å². The van der Waals surface area contributed by atoms with Crippen molar-refractivity contribution in [3.63, 3.8) is 0 Å². The van der Waals surface area contributed by atoms with Crippen molar-refractivity contribution in [3.05, 3.63) is 65.2 Å². The van der Waals surface area contributed by atoms with Gasteiger partial charge in [0.2, 0.25) is 5.91 Å². The Hall–Kier alpha value is -2.53. The molecular formula is C17H15ClN2O3. The summed E-state index contributed by atoms with van der Waals surface area (Å²) in [4.78, 5) is 26.2. The summed E-state index contributed by atoms with van der Waals surface area (Å²) in [5.74, 6) is 0.192. The average Bonchev–Trinajstić information content (AvgIpc) is 2.55. The second kappa shape index (κ2) is 6.71. The number of carbonyl (C=O) groups is 2. The zero-order valence-electron chi connectivity index (χ0n) is 12.2. The second-order valence-electron chi connectivity index (χ2n) is 5.12. The van der Waals surface area contributed by atoms with Crippen molar-refractivity contribution in [1.82, 2.24) is 10.2 Å². The van der Waals surface area contributed by atoms with E-state index in [-0.39, 0.29) is 5.91 Å². The number of nitrogens with one attached hydrogen (secondary N) is 1. The van der Waals surface area contributed by atoms with Crippen LogP contribution in [0.25, 0.3) is 0 Å². The summed E-state index contributed by atoms with van der Waals surface area (Å²) in [5.41, 5.74) is 0.653. The lowest BCUT2D eigenvalue weighted by Gasteiger charge is -2.34. The lowest BCUT2D eigenvalue weighted by atomic mass is 10.0. The fourth-order valence-electron chi connectivity index (χ4n) is 2.52. The van der Waals surface area contributed by atoms with Gasteiger partial charge in [0, 0.05) is 18.1 Å². The maximum absolute atomic E-state index is 12.5. The van der Waals surface area contributed by atoms with Crippen molar-refractivity contribution in [1.29, 1.82) is 0 Å². The maximum atomic E-state index is 12.5. The standard InChI is InChI=1S/C17H15ClN2O3/c18-13-6-4-5-12(11-13)15-16(21)19-9-10-20(15)17(22)23-14-7-2-1-3-8-14/h1-8,11,15H,9-10H2,(H,19,21). The zero-order chi connectivity index (χ0) is 16.2. The van der Waals surface area contributed by atoms with E-state index in [0.29, 0.717) is 29.4 Å². The number of hydrogen-bond acceptors (Lipinski definition) is 3. The van der Waals surface area contributed by atoms with Gasteiger partial charge in [0.1, 0.15) is 11.8 Å². The number of ether oxygens (including phenoxy) is 1. The predicted octanol–water partition coefficient (Wildman–Crippen LogP) is 3.01. The number of halogens is 1. The van der Waals surface area contributed by atoms with Gasteiger partial charge in [-0.3, -0.25) is 9.69 Å². The molecule has 0 saturated carbocycles. The predicted molar refractivity (Wildman–Crippen MR) is 86.4 cm³/mol. The molecule has 1 aliphatic rings. The van der Waals surface area contributed by atoms with Crippen LogP contribution >= 0.6 is 11.6 Å². The van der Waals surface area contributed by atoms with Crippen molar-refractivity contribution in [2.24, 2.45) is 0 Å². The van der Waals surface area contributed by atoms with Crippen LogP contribution in [0.2, 0.25) is 5.02 Å². The molecule has 1 unspecified atom stereocenters. The number of benzene rings is 2. The second-order valence-corrected chi connectivity index (χ2v) is 5.56. The molecule has 1 atom stereocenters. The van der Waals surface area contributed by atoms with Crippen LogP contribution in [0.5, 0.6) is 5.75 Å². The Morgan fingerprint density at radius 1 is 1.17 bits per heavy atom. The average molecular weight is 331 g/mol. The van der Waals surface area contributed by atoms with Crippen LogP contribution < -0.4 is 10.1 Å². The number of rotatable bonds is 2. The first kappa shape index (κ1) is 15.4. The molecule has 0 radical (unpaired) electrons. The van der Waals surface area contributed by atoms with Gasteiger partial charge in [-0.25, -0.2) is 4.79 Å². The van der Waals surface area contributed by atoms with E-state index in [1.54, 1.807) is 48.5 Å². The number of carbonyl (C=O) groups excluding carboxylic acids is 2. The quantitative estimate of drug-likeness (QED) is 0.920. The monoisotopic (exact) mass is 330 g/mol. The highest BCUT2D eigenvalue weighted by molar-refractivity contribution is 6.30. The largest absolute Gasteiger partial charge is 0.416 e. The summed E-state index contributed by atoms with van der Waals surface area (Å²) in [6.07, 6.45) is -0.559. The van der Waals surface area contributed by atoms with E-state index >= 15 is 0 Å². The van der Waals surface area contributed by atoms with Gasteiger partial charge in [0.15, 0.2) is 0 Å². The minimum absolute atomic E-state index is 0.247. The van der Waals surface area contributed by atoms with E-state index in [9.17, 15) is 9.59 Å². The van der Waals surface area contributed by atoms with Crippen LogP contribution in [0.3, 0.4) is 0 Å². The van der Waals surface area contributed by atoms with E-state index in [0.717, 1.165) is 0 Å². The van der Waals surface area contributed by atoms with E-state index in [1.165, 1.54) is 4.90 Å². The van der Waals surface area contributed by atoms with Crippen LogP contribution in [0.4, 0.5) is 4.79 Å². The number of amides is 2. The van der Waals surface area contributed by atoms with Gasteiger partial charge in [0.25, 0.3) is 0 Å². The molecule has 0 aliphatic carbocycles. The zero-order valence-corrected chi connectivity index (χ0v) is 13.0. The molecule has 1 heterocycles. The lowest BCUT2D eigenvalue weighted by molar-refractivity contribution is -0.128. The molecule has 1 aliphatic heterocycles. The maximum Gasteiger partial charge on any atom is 0.416 e. The number of piperazine rings is 1. The van der Waals surface area contributed by atoms with Crippen molar-refractivity contribution in [2.75, 3.05) is 13.1 Å². The Labute approximate surface area is 138 Å². The molecule has 2 amide bonds. The Kier molecular flexibility index (Phi) is 4.48. The molecule has 2 aromatic rings. The van der Waals surface area contributed by atoms with Gasteiger partial charge in [-0.1, -0.05) is 41.9 Å². The van der Waals surface area contributed by atoms with Crippen LogP contribution in [-0.2, 0) is 4.79 Å². The first-order valence-corrected chi connectivity index (χ1v) is 7.59. The van der Waals surface area contributed by atoms with Crippen LogP contribution in [0.1, 0.15) is 11.6 Å². The van der Waals surface area contributed by atoms with Gasteiger partial charge in [-0.15, -0.1) is 0 Å². The third-order valence-electron chi connectivity index (χ3n) is 3.56. The molecule has 0 aromatic heterocycles. The highest BCUT2D eigenvalue weighted by Gasteiger charge is 2.35. The molecule has 1 N–H and O–H groups in total. The van der Waals surface area contributed by atoms with Crippen molar-refractivity contribution in [3.8, 4) is 5.75 Å². The minimum Gasteiger partial charge on any atom is -0.410 e. The third-order valence-corrected chi connectivity index (χ3v) is 3.79. The summed E-state index contributed by atoms with van der Waals surface area (Å²) in [7, 11) is 0. The normalized spacial score (nSPS) is 17.5. The molecule has 1 saturated heterocycles. The Morgan fingerprint density at radius 2 is 1.96 bits per heavy atom. The first-order chi connectivity index (χ1) is 11.1. The number of nitrogens with zero attached hydrogens (tertiary/aromatic N) is 1.